The van der Waals surface area contributed by atoms with Crippen LogP contribution in [0.15, 0.2) is 0 Å². The number of hydrogen-bond acceptors (Lipinski definition) is 1. The maximum absolute atomic E-state index is 2.63. The van der Waals surface area contributed by atoms with Gasteiger partial charge in [0, 0.05) is 11.6 Å². The van der Waals surface area contributed by atoms with Gasteiger partial charge < -0.3 is 0 Å². The summed E-state index contributed by atoms with van der Waals surface area (Å²) in [6.07, 6.45) is 9.76. The SMILES string of the molecule is CCCCC(C)(C)N(C)C1CCCC1. The largest absolute Gasteiger partial charge is 0.298 e. The normalized spacial score (nSPS) is 19.5. The third kappa shape index (κ3) is 2.98. The van der Waals surface area contributed by atoms with Gasteiger partial charge in [-0.1, -0.05) is 32.6 Å². The summed E-state index contributed by atoms with van der Waals surface area (Å²) in [7, 11) is 2.33. The summed E-state index contributed by atoms with van der Waals surface area (Å²) in [5.41, 5.74) is 0.408. The first kappa shape index (κ1) is 12.0. The first-order valence-corrected chi connectivity index (χ1v) is 6.31. The van der Waals surface area contributed by atoms with Crippen LogP contribution in [0.3, 0.4) is 0 Å². The van der Waals surface area contributed by atoms with Crippen LogP contribution in [-0.2, 0) is 0 Å². The summed E-state index contributed by atoms with van der Waals surface area (Å²) in [5, 5.41) is 0. The second kappa shape index (κ2) is 5.16. The molecule has 1 rings (SSSR count). The molecule has 0 saturated heterocycles. The second-order valence-electron chi connectivity index (χ2n) is 5.47. The molecule has 0 aromatic carbocycles. The van der Waals surface area contributed by atoms with Crippen molar-refractivity contribution in [2.45, 2.75) is 77.3 Å². The third-order valence-electron chi connectivity index (χ3n) is 3.97. The van der Waals surface area contributed by atoms with E-state index in [1.165, 1.54) is 44.9 Å². The molecule has 1 aliphatic rings. The van der Waals surface area contributed by atoms with Crippen LogP contribution < -0.4 is 0 Å². The molecule has 84 valence electrons. The van der Waals surface area contributed by atoms with Gasteiger partial charge in [-0.15, -0.1) is 0 Å². The molecule has 1 saturated carbocycles. The van der Waals surface area contributed by atoms with Gasteiger partial charge in [0.2, 0.25) is 0 Å². The zero-order valence-corrected chi connectivity index (χ0v) is 10.5. The second-order valence-corrected chi connectivity index (χ2v) is 5.47. The standard InChI is InChI=1S/C13H27N/c1-5-6-11-13(2,3)14(4)12-9-7-8-10-12/h12H,5-11H2,1-4H3. The molecule has 0 aliphatic heterocycles. The zero-order chi connectivity index (χ0) is 10.6. The van der Waals surface area contributed by atoms with Gasteiger partial charge in [0.15, 0.2) is 0 Å². The average molecular weight is 197 g/mol. The number of unbranched alkanes of at least 4 members (excludes halogenated alkanes) is 1. The summed E-state index contributed by atoms with van der Waals surface area (Å²) >= 11 is 0. The maximum atomic E-state index is 2.63. The Labute approximate surface area is 89.9 Å². The van der Waals surface area contributed by atoms with Crippen LogP contribution >= 0.6 is 0 Å². The Morgan fingerprint density at radius 2 is 1.79 bits per heavy atom. The molecular weight excluding hydrogens is 170 g/mol. The van der Waals surface area contributed by atoms with E-state index in [0.29, 0.717) is 5.54 Å². The Bertz CT molecular complexity index is 157. The van der Waals surface area contributed by atoms with Crippen LogP contribution in [0.25, 0.3) is 0 Å². The van der Waals surface area contributed by atoms with Crippen molar-refractivity contribution in [3.05, 3.63) is 0 Å². The molecule has 0 bridgehead atoms. The van der Waals surface area contributed by atoms with Crippen LogP contribution in [0.5, 0.6) is 0 Å². The van der Waals surface area contributed by atoms with Crippen molar-refractivity contribution < 1.29 is 0 Å². The summed E-state index contributed by atoms with van der Waals surface area (Å²) in [6.45, 7) is 7.09. The first-order chi connectivity index (χ1) is 6.58. The lowest BCUT2D eigenvalue weighted by Gasteiger charge is -2.40. The molecular formula is C13H27N. The van der Waals surface area contributed by atoms with E-state index in [2.05, 4.69) is 32.7 Å². The van der Waals surface area contributed by atoms with Crippen LogP contribution in [0.2, 0.25) is 0 Å². The average Bonchev–Trinajstić information content (AvgIpc) is 2.66. The van der Waals surface area contributed by atoms with Crippen molar-refractivity contribution in [1.82, 2.24) is 4.90 Å². The zero-order valence-electron chi connectivity index (χ0n) is 10.5. The fourth-order valence-electron chi connectivity index (χ4n) is 2.57. The molecule has 1 nitrogen and oxygen atoms in total. The molecule has 0 aromatic rings. The van der Waals surface area contributed by atoms with E-state index >= 15 is 0 Å². The number of rotatable bonds is 5. The third-order valence-corrected chi connectivity index (χ3v) is 3.97. The van der Waals surface area contributed by atoms with Crippen molar-refractivity contribution >= 4 is 0 Å². The molecule has 1 fully saturated rings. The quantitative estimate of drug-likeness (QED) is 0.647. The van der Waals surface area contributed by atoms with Crippen LogP contribution in [0, 0.1) is 0 Å². The summed E-state index contributed by atoms with van der Waals surface area (Å²) in [4.78, 5) is 2.63. The molecule has 0 amide bonds. The van der Waals surface area contributed by atoms with Gasteiger partial charge in [-0.05, 0) is 40.2 Å². The highest BCUT2D eigenvalue weighted by Gasteiger charge is 2.30. The molecule has 14 heavy (non-hydrogen) atoms. The molecule has 0 radical (unpaired) electrons. The molecule has 1 aliphatic carbocycles. The van der Waals surface area contributed by atoms with E-state index in [-0.39, 0.29) is 0 Å². The minimum atomic E-state index is 0.408. The van der Waals surface area contributed by atoms with Crippen molar-refractivity contribution in [2.24, 2.45) is 0 Å². The van der Waals surface area contributed by atoms with E-state index in [4.69, 9.17) is 0 Å². The summed E-state index contributed by atoms with van der Waals surface area (Å²) in [5.74, 6) is 0. The van der Waals surface area contributed by atoms with Crippen molar-refractivity contribution in [3.8, 4) is 0 Å². The number of nitrogens with zero attached hydrogens (tertiary/aromatic N) is 1. The molecule has 0 N–H and O–H groups in total. The smallest absolute Gasteiger partial charge is 0.0153 e. The van der Waals surface area contributed by atoms with Crippen molar-refractivity contribution in [1.29, 1.82) is 0 Å². The highest BCUT2D eigenvalue weighted by molar-refractivity contribution is 4.86. The van der Waals surface area contributed by atoms with Crippen LogP contribution in [-0.4, -0.2) is 23.5 Å². The molecule has 0 atom stereocenters. The topological polar surface area (TPSA) is 3.24 Å². The van der Waals surface area contributed by atoms with E-state index in [1.54, 1.807) is 0 Å². The Balaban J connectivity index is 2.43. The first-order valence-electron chi connectivity index (χ1n) is 6.31. The fourth-order valence-corrected chi connectivity index (χ4v) is 2.57. The molecule has 0 spiro atoms. The van der Waals surface area contributed by atoms with E-state index in [0.717, 1.165) is 6.04 Å². The van der Waals surface area contributed by atoms with Gasteiger partial charge in [-0.3, -0.25) is 4.90 Å². The maximum Gasteiger partial charge on any atom is 0.0153 e. The minimum Gasteiger partial charge on any atom is -0.298 e. The Kier molecular flexibility index (Phi) is 4.43. The van der Waals surface area contributed by atoms with Crippen molar-refractivity contribution in [3.63, 3.8) is 0 Å². The fraction of sp³-hybridized carbons (Fsp3) is 1.00. The lowest BCUT2D eigenvalue weighted by Crippen LogP contribution is -2.46. The summed E-state index contributed by atoms with van der Waals surface area (Å²) in [6, 6.07) is 0.863. The van der Waals surface area contributed by atoms with E-state index in [9.17, 15) is 0 Å². The van der Waals surface area contributed by atoms with Crippen molar-refractivity contribution in [2.75, 3.05) is 7.05 Å². The van der Waals surface area contributed by atoms with Gasteiger partial charge in [-0.25, -0.2) is 0 Å². The summed E-state index contributed by atoms with van der Waals surface area (Å²) < 4.78 is 0. The van der Waals surface area contributed by atoms with Gasteiger partial charge >= 0.3 is 0 Å². The lowest BCUT2D eigenvalue weighted by atomic mass is 9.93. The Morgan fingerprint density at radius 1 is 1.21 bits per heavy atom. The van der Waals surface area contributed by atoms with Crippen LogP contribution in [0.1, 0.15) is 65.7 Å². The minimum absolute atomic E-state index is 0.408. The highest BCUT2D eigenvalue weighted by Crippen LogP contribution is 2.30. The molecule has 0 aromatic heterocycles. The van der Waals surface area contributed by atoms with Gasteiger partial charge in [-0.2, -0.15) is 0 Å². The molecule has 0 unspecified atom stereocenters. The van der Waals surface area contributed by atoms with Gasteiger partial charge in [0.1, 0.15) is 0 Å². The lowest BCUT2D eigenvalue weighted by molar-refractivity contribution is 0.0932. The highest BCUT2D eigenvalue weighted by atomic mass is 15.2. The Hall–Kier alpha value is -0.0400. The monoisotopic (exact) mass is 197 g/mol. The van der Waals surface area contributed by atoms with Crippen LogP contribution in [0.4, 0.5) is 0 Å². The van der Waals surface area contributed by atoms with E-state index < -0.39 is 0 Å². The molecule has 1 heteroatoms. The predicted molar refractivity (Wildman–Crippen MR) is 63.6 cm³/mol. The molecule has 0 heterocycles. The van der Waals surface area contributed by atoms with Gasteiger partial charge in [0.25, 0.3) is 0 Å². The Morgan fingerprint density at radius 3 is 2.29 bits per heavy atom. The predicted octanol–water partition coefficient (Wildman–Crippen LogP) is 3.83. The van der Waals surface area contributed by atoms with E-state index in [1.807, 2.05) is 0 Å². The van der Waals surface area contributed by atoms with Gasteiger partial charge in [0.05, 0.1) is 0 Å². The number of hydrogen-bond donors (Lipinski definition) is 0.